The molecule has 27 heavy (non-hydrogen) atoms. The van der Waals surface area contributed by atoms with E-state index in [2.05, 4.69) is 15.6 Å². The molecule has 4 rings (SSSR count). The number of anilines is 2. The van der Waals surface area contributed by atoms with E-state index in [1.165, 1.54) is 11.3 Å². The lowest BCUT2D eigenvalue weighted by molar-refractivity contribution is -0.119. The van der Waals surface area contributed by atoms with E-state index in [1.54, 1.807) is 0 Å². The van der Waals surface area contributed by atoms with Gasteiger partial charge in [0.1, 0.15) is 0 Å². The molecule has 1 aromatic heterocycles. The first-order valence-corrected chi connectivity index (χ1v) is 9.80. The van der Waals surface area contributed by atoms with Gasteiger partial charge in [0.15, 0.2) is 5.13 Å². The Morgan fingerprint density at radius 2 is 2.04 bits per heavy atom. The van der Waals surface area contributed by atoms with Crippen molar-refractivity contribution in [3.05, 3.63) is 54.1 Å². The number of urea groups is 1. The van der Waals surface area contributed by atoms with Gasteiger partial charge < -0.3 is 10.2 Å². The summed E-state index contributed by atoms with van der Waals surface area (Å²) in [5, 5.41) is 6.20. The first kappa shape index (κ1) is 17.5. The number of hydrogen-bond donors (Lipinski definition) is 2. The summed E-state index contributed by atoms with van der Waals surface area (Å²) in [5.41, 5.74) is 2.72. The number of nitrogens with zero attached hydrogens (tertiary/aromatic N) is 2. The van der Waals surface area contributed by atoms with E-state index in [-0.39, 0.29) is 11.9 Å². The maximum Gasteiger partial charge on any atom is 0.321 e. The molecule has 7 heteroatoms. The van der Waals surface area contributed by atoms with E-state index in [0.717, 1.165) is 40.9 Å². The predicted octanol–water partition coefficient (Wildman–Crippen LogP) is 4.13. The minimum atomic E-state index is -0.298. The zero-order valence-corrected chi connectivity index (χ0v) is 15.6. The Morgan fingerprint density at radius 3 is 2.89 bits per heavy atom. The van der Waals surface area contributed by atoms with Crippen LogP contribution >= 0.6 is 11.3 Å². The van der Waals surface area contributed by atoms with Gasteiger partial charge in [0.25, 0.3) is 0 Å². The Hall–Kier alpha value is -2.93. The van der Waals surface area contributed by atoms with Crippen LogP contribution in [0, 0.1) is 0 Å². The Bertz CT molecular complexity index is 952. The van der Waals surface area contributed by atoms with E-state index in [0.29, 0.717) is 18.1 Å². The summed E-state index contributed by atoms with van der Waals surface area (Å²) in [4.78, 5) is 30.5. The van der Waals surface area contributed by atoms with Crippen LogP contribution in [0.1, 0.15) is 24.8 Å². The van der Waals surface area contributed by atoms with Gasteiger partial charge in [-0.3, -0.25) is 10.1 Å². The van der Waals surface area contributed by atoms with Crippen molar-refractivity contribution in [2.75, 3.05) is 16.8 Å². The number of fused-ring (bicyclic) bond motifs is 1. The van der Waals surface area contributed by atoms with Gasteiger partial charge in [-0.25, -0.2) is 9.78 Å². The zero-order chi connectivity index (χ0) is 18.6. The van der Waals surface area contributed by atoms with Crippen molar-refractivity contribution in [2.45, 2.75) is 25.8 Å². The van der Waals surface area contributed by atoms with Crippen molar-refractivity contribution in [2.24, 2.45) is 0 Å². The van der Waals surface area contributed by atoms with Crippen LogP contribution in [0.5, 0.6) is 0 Å². The first-order chi connectivity index (χ1) is 13.2. The molecule has 2 heterocycles. The van der Waals surface area contributed by atoms with Crippen molar-refractivity contribution >= 4 is 44.3 Å². The fraction of sp³-hybridized carbons (Fsp3) is 0.250. The number of nitrogens with one attached hydrogen (secondary N) is 2. The second-order valence-corrected chi connectivity index (χ2v) is 7.50. The molecule has 3 aromatic rings. The third-order valence-electron chi connectivity index (χ3n) is 4.51. The van der Waals surface area contributed by atoms with Gasteiger partial charge >= 0.3 is 6.03 Å². The summed E-state index contributed by atoms with van der Waals surface area (Å²) < 4.78 is 1.03. The van der Waals surface area contributed by atoms with Crippen molar-refractivity contribution < 1.29 is 9.59 Å². The summed E-state index contributed by atoms with van der Waals surface area (Å²) in [7, 11) is 0. The quantitative estimate of drug-likeness (QED) is 0.714. The normalized spacial score (nSPS) is 14.4. The zero-order valence-electron chi connectivity index (χ0n) is 14.8. The van der Waals surface area contributed by atoms with Crippen molar-refractivity contribution in [3.8, 4) is 0 Å². The van der Waals surface area contributed by atoms with Crippen LogP contribution in [0.2, 0.25) is 0 Å². The van der Waals surface area contributed by atoms with Gasteiger partial charge in [-0.2, -0.15) is 0 Å². The van der Waals surface area contributed by atoms with Crippen LogP contribution in [0.15, 0.2) is 48.5 Å². The molecule has 0 aliphatic carbocycles. The number of amides is 3. The van der Waals surface area contributed by atoms with Gasteiger partial charge in [0.2, 0.25) is 5.91 Å². The topological polar surface area (TPSA) is 74.3 Å². The lowest BCUT2D eigenvalue weighted by Crippen LogP contribution is -2.35. The second kappa shape index (κ2) is 7.75. The van der Waals surface area contributed by atoms with Crippen LogP contribution in [-0.2, 0) is 11.3 Å². The number of rotatable bonds is 4. The minimum absolute atomic E-state index is 0.167. The lowest BCUT2D eigenvalue weighted by Gasteiger charge is -2.27. The SMILES string of the molecule is O=C(NCc1cccc(N2CCCCC2=O)c1)Nc1nc2ccccc2s1. The molecule has 0 spiro atoms. The van der Waals surface area contributed by atoms with Crippen LogP contribution in [-0.4, -0.2) is 23.5 Å². The van der Waals surface area contributed by atoms with E-state index >= 15 is 0 Å². The van der Waals surface area contributed by atoms with E-state index in [4.69, 9.17) is 0 Å². The Balaban J connectivity index is 1.37. The smallest absolute Gasteiger partial charge is 0.321 e. The maximum atomic E-state index is 12.2. The van der Waals surface area contributed by atoms with Gasteiger partial charge in [0.05, 0.1) is 10.2 Å². The Morgan fingerprint density at radius 1 is 1.15 bits per heavy atom. The molecular weight excluding hydrogens is 360 g/mol. The third-order valence-corrected chi connectivity index (χ3v) is 5.46. The second-order valence-electron chi connectivity index (χ2n) is 6.47. The highest BCUT2D eigenvalue weighted by atomic mass is 32.1. The highest BCUT2D eigenvalue weighted by Crippen LogP contribution is 2.25. The fourth-order valence-corrected chi connectivity index (χ4v) is 4.02. The predicted molar refractivity (Wildman–Crippen MR) is 108 cm³/mol. The number of thiazole rings is 1. The summed E-state index contributed by atoms with van der Waals surface area (Å²) in [5.74, 6) is 0.167. The highest BCUT2D eigenvalue weighted by molar-refractivity contribution is 7.22. The number of benzene rings is 2. The molecule has 2 aromatic carbocycles. The average Bonchev–Trinajstić information content (AvgIpc) is 3.09. The van der Waals surface area contributed by atoms with Gasteiger partial charge in [0, 0.05) is 25.2 Å². The van der Waals surface area contributed by atoms with Crippen molar-refractivity contribution in [1.29, 1.82) is 0 Å². The van der Waals surface area contributed by atoms with Crippen molar-refractivity contribution in [3.63, 3.8) is 0 Å². The lowest BCUT2D eigenvalue weighted by atomic mass is 10.1. The largest absolute Gasteiger partial charge is 0.334 e. The molecule has 1 aliphatic heterocycles. The molecule has 0 bridgehead atoms. The maximum absolute atomic E-state index is 12.2. The highest BCUT2D eigenvalue weighted by Gasteiger charge is 2.19. The molecule has 1 aliphatic rings. The summed E-state index contributed by atoms with van der Waals surface area (Å²) in [6, 6.07) is 15.2. The molecule has 0 unspecified atom stereocenters. The first-order valence-electron chi connectivity index (χ1n) is 8.99. The van der Waals surface area contributed by atoms with E-state index in [1.807, 2.05) is 53.4 Å². The summed E-state index contributed by atoms with van der Waals surface area (Å²) in [6.07, 6.45) is 2.59. The van der Waals surface area contributed by atoms with E-state index in [9.17, 15) is 9.59 Å². The fourth-order valence-electron chi connectivity index (χ4n) is 3.16. The Kier molecular flexibility index (Phi) is 5.02. The molecule has 1 saturated heterocycles. The van der Waals surface area contributed by atoms with Crippen LogP contribution < -0.4 is 15.5 Å². The molecule has 0 atom stereocenters. The van der Waals surface area contributed by atoms with Gasteiger partial charge in [-0.05, 0) is 42.7 Å². The van der Waals surface area contributed by atoms with Crippen LogP contribution in [0.25, 0.3) is 10.2 Å². The number of carbonyl (C=O) groups excluding carboxylic acids is 2. The molecule has 1 fully saturated rings. The number of aromatic nitrogens is 1. The van der Waals surface area contributed by atoms with Gasteiger partial charge in [-0.15, -0.1) is 0 Å². The number of hydrogen-bond acceptors (Lipinski definition) is 4. The standard InChI is InChI=1S/C20H20N4O2S/c25-18-10-3-4-11-24(18)15-7-5-6-14(12-15)13-21-19(26)23-20-22-16-8-1-2-9-17(16)27-20/h1-2,5-9,12H,3-4,10-11,13H2,(H2,21,22,23,26). The molecule has 0 saturated carbocycles. The van der Waals surface area contributed by atoms with Crippen LogP contribution in [0.3, 0.4) is 0 Å². The van der Waals surface area contributed by atoms with Crippen molar-refractivity contribution in [1.82, 2.24) is 10.3 Å². The van der Waals surface area contributed by atoms with Gasteiger partial charge in [-0.1, -0.05) is 35.6 Å². The molecule has 0 radical (unpaired) electrons. The third kappa shape index (κ3) is 4.09. The summed E-state index contributed by atoms with van der Waals surface area (Å²) in [6.45, 7) is 1.14. The monoisotopic (exact) mass is 380 g/mol. The number of carbonyl (C=O) groups is 2. The molecule has 3 amide bonds. The molecule has 2 N–H and O–H groups in total. The number of para-hydroxylation sites is 1. The average molecular weight is 380 g/mol. The molecule has 6 nitrogen and oxygen atoms in total. The molecular formula is C20H20N4O2S. The summed E-state index contributed by atoms with van der Waals surface area (Å²) >= 11 is 1.44. The van der Waals surface area contributed by atoms with E-state index < -0.39 is 0 Å². The van der Waals surface area contributed by atoms with Crippen LogP contribution in [0.4, 0.5) is 15.6 Å². The number of piperidine rings is 1. The molecule has 138 valence electrons. The Labute approximate surface area is 161 Å². The minimum Gasteiger partial charge on any atom is -0.334 e.